The fourth-order valence-corrected chi connectivity index (χ4v) is 2.03. The maximum absolute atomic E-state index is 13.3. The Bertz CT molecular complexity index is 769. The van der Waals surface area contributed by atoms with E-state index in [2.05, 4.69) is 17.2 Å². The Morgan fingerprint density at radius 1 is 1.29 bits per heavy atom. The third kappa shape index (κ3) is 5.49. The van der Waals surface area contributed by atoms with Crippen molar-refractivity contribution in [3.05, 3.63) is 64.4 Å². The first-order valence-corrected chi connectivity index (χ1v) is 7.55. The standard InChI is InChI=1S/C18H15ClFNO3/c19-15-10-14(17(22)16(20)11-15)8-4-5-9-21-18(23)24-12-13-6-2-1-3-7-13/h1-3,6-7,10-11,22H,5,9,12H2,(H,21,23). The molecule has 2 N–H and O–H groups in total. The molecule has 0 radical (unpaired) electrons. The van der Waals surface area contributed by atoms with Gasteiger partial charge in [0.25, 0.3) is 0 Å². The van der Waals surface area contributed by atoms with E-state index in [0.29, 0.717) is 6.42 Å². The van der Waals surface area contributed by atoms with Gasteiger partial charge in [-0.1, -0.05) is 53.8 Å². The van der Waals surface area contributed by atoms with E-state index in [9.17, 15) is 14.3 Å². The van der Waals surface area contributed by atoms with Crippen molar-refractivity contribution >= 4 is 17.7 Å². The number of benzene rings is 2. The van der Waals surface area contributed by atoms with Gasteiger partial charge in [0.1, 0.15) is 6.61 Å². The van der Waals surface area contributed by atoms with Crippen molar-refractivity contribution in [2.75, 3.05) is 6.54 Å². The summed E-state index contributed by atoms with van der Waals surface area (Å²) in [6.07, 6.45) is -0.231. The molecule has 4 nitrogen and oxygen atoms in total. The lowest BCUT2D eigenvalue weighted by molar-refractivity contribution is 0.140. The van der Waals surface area contributed by atoms with Crippen LogP contribution in [0.25, 0.3) is 0 Å². The molecule has 0 aromatic heterocycles. The maximum Gasteiger partial charge on any atom is 0.407 e. The van der Waals surface area contributed by atoms with Crippen LogP contribution in [-0.4, -0.2) is 17.7 Å². The Morgan fingerprint density at radius 3 is 2.79 bits per heavy atom. The second-order valence-corrected chi connectivity index (χ2v) is 5.26. The highest BCUT2D eigenvalue weighted by Gasteiger charge is 2.06. The number of phenolic OH excluding ortho intramolecular Hbond substituents is 1. The summed E-state index contributed by atoms with van der Waals surface area (Å²) in [5.41, 5.74) is 0.998. The van der Waals surface area contributed by atoms with E-state index in [1.165, 1.54) is 6.07 Å². The molecule has 0 atom stereocenters. The van der Waals surface area contributed by atoms with Crippen LogP contribution in [0.2, 0.25) is 5.02 Å². The van der Waals surface area contributed by atoms with Crippen molar-refractivity contribution < 1.29 is 19.0 Å². The number of carbonyl (C=O) groups is 1. The van der Waals surface area contributed by atoms with Gasteiger partial charge in [-0.3, -0.25) is 0 Å². The summed E-state index contributed by atoms with van der Waals surface area (Å²) in [5.74, 6) is 3.97. The van der Waals surface area contributed by atoms with Crippen LogP contribution >= 0.6 is 11.6 Å². The number of hydrogen-bond acceptors (Lipinski definition) is 3. The van der Waals surface area contributed by atoms with Gasteiger partial charge < -0.3 is 15.2 Å². The molecule has 1 amide bonds. The van der Waals surface area contributed by atoms with Gasteiger partial charge in [-0.25, -0.2) is 9.18 Å². The second kappa shape index (κ2) is 8.80. The summed E-state index contributed by atoms with van der Waals surface area (Å²) in [7, 11) is 0. The smallest absolute Gasteiger partial charge is 0.407 e. The number of aromatic hydroxyl groups is 1. The van der Waals surface area contributed by atoms with Crippen LogP contribution in [0, 0.1) is 17.7 Å². The van der Waals surface area contributed by atoms with Gasteiger partial charge >= 0.3 is 6.09 Å². The summed E-state index contributed by atoms with van der Waals surface area (Å²) in [5, 5.41) is 12.2. The van der Waals surface area contributed by atoms with Crippen LogP contribution in [0.5, 0.6) is 5.75 Å². The van der Waals surface area contributed by atoms with Crippen LogP contribution in [0.15, 0.2) is 42.5 Å². The average Bonchev–Trinajstić information content (AvgIpc) is 2.57. The second-order valence-electron chi connectivity index (χ2n) is 4.82. The van der Waals surface area contributed by atoms with Crippen LogP contribution in [0.4, 0.5) is 9.18 Å². The lowest BCUT2D eigenvalue weighted by Gasteiger charge is -2.05. The lowest BCUT2D eigenvalue weighted by Crippen LogP contribution is -2.24. The van der Waals surface area contributed by atoms with Gasteiger partial charge in [-0.2, -0.15) is 0 Å². The molecule has 0 aliphatic rings. The Balaban J connectivity index is 1.74. The summed E-state index contributed by atoms with van der Waals surface area (Å²) in [6.45, 7) is 0.457. The fraction of sp³-hybridized carbons (Fsp3) is 0.167. The number of amides is 1. The fourth-order valence-electron chi connectivity index (χ4n) is 1.82. The van der Waals surface area contributed by atoms with Crippen LogP contribution < -0.4 is 5.32 Å². The van der Waals surface area contributed by atoms with E-state index >= 15 is 0 Å². The summed E-state index contributed by atoms with van der Waals surface area (Å²) in [6, 6.07) is 11.7. The molecule has 124 valence electrons. The van der Waals surface area contributed by atoms with Crippen molar-refractivity contribution in [1.29, 1.82) is 0 Å². The van der Waals surface area contributed by atoms with Gasteiger partial charge in [-0.05, 0) is 17.7 Å². The molecular weight excluding hydrogens is 333 g/mol. The average molecular weight is 348 g/mol. The van der Waals surface area contributed by atoms with E-state index in [1.54, 1.807) is 0 Å². The van der Waals surface area contributed by atoms with E-state index in [-0.39, 0.29) is 23.7 Å². The largest absolute Gasteiger partial charge is 0.504 e. The summed E-state index contributed by atoms with van der Waals surface area (Å²) >= 11 is 5.70. The van der Waals surface area contributed by atoms with Gasteiger partial charge in [0.2, 0.25) is 0 Å². The number of rotatable bonds is 4. The van der Waals surface area contributed by atoms with E-state index < -0.39 is 17.7 Å². The summed E-state index contributed by atoms with van der Waals surface area (Å²) in [4.78, 5) is 11.5. The number of hydrogen-bond donors (Lipinski definition) is 2. The van der Waals surface area contributed by atoms with Crippen molar-refractivity contribution in [3.63, 3.8) is 0 Å². The Labute approximate surface area is 144 Å². The molecule has 0 heterocycles. The maximum atomic E-state index is 13.3. The molecule has 2 rings (SSSR count). The molecule has 2 aromatic carbocycles. The van der Waals surface area contributed by atoms with Gasteiger partial charge in [0.05, 0.1) is 5.56 Å². The van der Waals surface area contributed by atoms with E-state index in [4.69, 9.17) is 16.3 Å². The Hall–Kier alpha value is -2.71. The number of alkyl carbamates (subject to hydrolysis) is 1. The zero-order chi connectivity index (χ0) is 17.4. The molecule has 0 aliphatic heterocycles. The SMILES string of the molecule is O=C(NCCC#Cc1cc(Cl)cc(F)c1O)OCc1ccccc1. The van der Waals surface area contributed by atoms with Crippen molar-refractivity contribution in [2.24, 2.45) is 0 Å². The number of phenols is 1. The monoisotopic (exact) mass is 347 g/mol. The quantitative estimate of drug-likeness (QED) is 0.652. The highest BCUT2D eigenvalue weighted by Crippen LogP contribution is 2.24. The third-order valence-electron chi connectivity index (χ3n) is 2.98. The number of carbonyl (C=O) groups excluding carboxylic acids is 1. The van der Waals surface area contributed by atoms with Gasteiger partial charge in [0, 0.05) is 18.0 Å². The van der Waals surface area contributed by atoms with Crippen molar-refractivity contribution in [1.82, 2.24) is 5.32 Å². The number of ether oxygens (including phenoxy) is 1. The minimum absolute atomic E-state index is 0.103. The lowest BCUT2D eigenvalue weighted by atomic mass is 10.2. The molecule has 0 aliphatic carbocycles. The first-order valence-electron chi connectivity index (χ1n) is 7.17. The third-order valence-corrected chi connectivity index (χ3v) is 3.20. The van der Waals surface area contributed by atoms with Crippen LogP contribution in [0.3, 0.4) is 0 Å². The minimum Gasteiger partial charge on any atom is -0.504 e. The molecule has 0 saturated carbocycles. The normalized spacial score (nSPS) is 9.75. The zero-order valence-electron chi connectivity index (χ0n) is 12.7. The van der Waals surface area contributed by atoms with Gasteiger partial charge in [0.15, 0.2) is 11.6 Å². The highest BCUT2D eigenvalue weighted by molar-refractivity contribution is 6.30. The Morgan fingerprint density at radius 2 is 2.04 bits per heavy atom. The first kappa shape index (κ1) is 17.6. The van der Waals surface area contributed by atoms with Gasteiger partial charge in [-0.15, -0.1) is 0 Å². The predicted molar refractivity (Wildman–Crippen MR) is 89.2 cm³/mol. The van der Waals surface area contributed by atoms with Crippen molar-refractivity contribution in [3.8, 4) is 17.6 Å². The molecule has 2 aromatic rings. The topological polar surface area (TPSA) is 58.6 Å². The van der Waals surface area contributed by atoms with Crippen LogP contribution in [-0.2, 0) is 11.3 Å². The molecule has 0 unspecified atom stereocenters. The molecular formula is C18H15ClFNO3. The molecule has 24 heavy (non-hydrogen) atoms. The minimum atomic E-state index is -0.825. The molecule has 0 fully saturated rings. The molecule has 0 spiro atoms. The zero-order valence-corrected chi connectivity index (χ0v) is 13.4. The van der Waals surface area contributed by atoms with E-state index in [0.717, 1.165) is 11.6 Å². The first-order chi connectivity index (χ1) is 11.6. The van der Waals surface area contributed by atoms with E-state index in [1.807, 2.05) is 30.3 Å². The highest BCUT2D eigenvalue weighted by atomic mass is 35.5. The molecule has 0 saturated heterocycles. The number of nitrogens with one attached hydrogen (secondary N) is 1. The number of halogens is 2. The Kier molecular flexibility index (Phi) is 6.47. The molecule has 0 bridgehead atoms. The van der Waals surface area contributed by atoms with Crippen molar-refractivity contribution in [2.45, 2.75) is 13.0 Å². The van der Waals surface area contributed by atoms with Crippen LogP contribution in [0.1, 0.15) is 17.5 Å². The summed E-state index contributed by atoms with van der Waals surface area (Å²) < 4.78 is 18.3. The molecule has 6 heteroatoms. The predicted octanol–water partition coefficient (Wildman–Crippen LogP) is 3.85.